The van der Waals surface area contributed by atoms with Gasteiger partial charge in [-0.1, -0.05) is 48.5 Å². The Labute approximate surface area is 259 Å². The van der Waals surface area contributed by atoms with Crippen molar-refractivity contribution in [3.05, 3.63) is 89.9 Å². The third kappa shape index (κ3) is 7.01. The lowest BCUT2D eigenvalue weighted by Crippen LogP contribution is -2.53. The molecule has 0 radical (unpaired) electrons. The first kappa shape index (κ1) is 30.0. The fourth-order valence-electron chi connectivity index (χ4n) is 6.27. The summed E-state index contributed by atoms with van der Waals surface area (Å²) in [6.45, 7) is 8.14. The third-order valence-corrected chi connectivity index (χ3v) is 8.95. The minimum absolute atomic E-state index is 0.0525. The van der Waals surface area contributed by atoms with Gasteiger partial charge in [0, 0.05) is 62.3 Å². The summed E-state index contributed by atoms with van der Waals surface area (Å²) >= 11 is 0. The highest BCUT2D eigenvalue weighted by Crippen LogP contribution is 2.27. The van der Waals surface area contributed by atoms with Gasteiger partial charge < -0.3 is 21.1 Å². The molecule has 1 saturated heterocycles. The Morgan fingerprint density at radius 1 is 1.00 bits per heavy atom. The van der Waals surface area contributed by atoms with E-state index in [1.807, 2.05) is 13.2 Å². The summed E-state index contributed by atoms with van der Waals surface area (Å²) in [4.78, 5) is 20.1. The van der Waals surface area contributed by atoms with Crippen molar-refractivity contribution in [2.75, 3.05) is 18.8 Å². The predicted molar refractivity (Wildman–Crippen MR) is 174 cm³/mol. The van der Waals surface area contributed by atoms with Crippen molar-refractivity contribution in [1.29, 1.82) is 0 Å². The Balaban J connectivity index is 1.03. The van der Waals surface area contributed by atoms with Gasteiger partial charge in [0.1, 0.15) is 5.82 Å². The number of carbonyl (C=O) groups excluding carboxylic acids is 1. The molecular formula is C35H43N7O2. The highest BCUT2D eigenvalue weighted by atomic mass is 16.5. The van der Waals surface area contributed by atoms with Gasteiger partial charge in [-0.15, -0.1) is 0 Å². The van der Waals surface area contributed by atoms with E-state index in [0.29, 0.717) is 24.3 Å². The lowest BCUT2D eigenvalue weighted by molar-refractivity contribution is 0.0272. The first-order valence-electron chi connectivity index (χ1n) is 15.6. The summed E-state index contributed by atoms with van der Waals surface area (Å²) in [6.07, 6.45) is 8.02. The van der Waals surface area contributed by atoms with Crippen molar-refractivity contribution in [1.82, 2.24) is 30.3 Å². The van der Waals surface area contributed by atoms with Crippen LogP contribution in [0.5, 0.6) is 0 Å². The largest absolute Gasteiger partial charge is 0.383 e. The third-order valence-electron chi connectivity index (χ3n) is 8.95. The molecule has 4 aromatic rings. The van der Waals surface area contributed by atoms with E-state index in [-0.39, 0.29) is 23.9 Å². The number of hydrogen-bond acceptors (Lipinski definition) is 7. The lowest BCUT2D eigenvalue weighted by atomic mass is 10.0. The molecule has 2 aliphatic rings. The Kier molecular flexibility index (Phi) is 9.07. The van der Waals surface area contributed by atoms with Crippen LogP contribution in [-0.2, 0) is 24.9 Å². The summed E-state index contributed by atoms with van der Waals surface area (Å²) < 4.78 is 8.05. The van der Waals surface area contributed by atoms with Crippen LogP contribution >= 0.6 is 0 Å². The van der Waals surface area contributed by atoms with Crippen LogP contribution in [0.2, 0.25) is 0 Å². The minimum Gasteiger partial charge on any atom is -0.383 e. The quantitative estimate of drug-likeness (QED) is 0.256. The number of nitrogens with one attached hydrogen (secondary N) is 2. The van der Waals surface area contributed by atoms with Gasteiger partial charge >= 0.3 is 0 Å². The highest BCUT2D eigenvalue weighted by Gasteiger charge is 2.30. The number of aromatic nitrogens is 3. The second kappa shape index (κ2) is 13.3. The van der Waals surface area contributed by atoms with Crippen LogP contribution in [0.3, 0.4) is 0 Å². The van der Waals surface area contributed by atoms with Gasteiger partial charge in [0.05, 0.1) is 30.5 Å². The normalized spacial score (nSPS) is 22.2. The molecule has 3 heterocycles. The molecule has 1 saturated carbocycles. The molecule has 2 aromatic heterocycles. The molecule has 9 nitrogen and oxygen atoms in total. The summed E-state index contributed by atoms with van der Waals surface area (Å²) in [5.41, 5.74) is 13.0. The Morgan fingerprint density at radius 2 is 1.73 bits per heavy atom. The molecular weight excluding hydrogens is 550 g/mol. The molecule has 1 amide bonds. The number of aryl methyl sites for hydroxylation is 1. The summed E-state index contributed by atoms with van der Waals surface area (Å²) in [5.74, 6) is -0.0160. The van der Waals surface area contributed by atoms with Crippen molar-refractivity contribution in [2.24, 2.45) is 7.05 Å². The number of piperazine rings is 1. The average molecular weight is 594 g/mol. The lowest BCUT2D eigenvalue weighted by Gasteiger charge is -2.37. The van der Waals surface area contributed by atoms with Gasteiger partial charge in [-0.3, -0.25) is 14.4 Å². The molecule has 4 N–H and O–H groups in total. The minimum atomic E-state index is -0.228. The monoisotopic (exact) mass is 593 g/mol. The number of rotatable bonds is 9. The molecule has 4 atom stereocenters. The van der Waals surface area contributed by atoms with E-state index in [2.05, 4.69) is 88.0 Å². The van der Waals surface area contributed by atoms with Crippen molar-refractivity contribution >= 4 is 11.7 Å². The Bertz CT molecular complexity index is 1570. The fourth-order valence-corrected chi connectivity index (χ4v) is 6.27. The van der Waals surface area contributed by atoms with Crippen molar-refractivity contribution in [3.63, 3.8) is 0 Å². The second-order valence-electron chi connectivity index (χ2n) is 12.4. The van der Waals surface area contributed by atoms with Crippen LogP contribution in [0.25, 0.3) is 22.3 Å². The molecule has 1 aliphatic heterocycles. The van der Waals surface area contributed by atoms with E-state index in [4.69, 9.17) is 10.5 Å². The van der Waals surface area contributed by atoms with Crippen molar-refractivity contribution in [3.8, 4) is 22.3 Å². The first-order valence-corrected chi connectivity index (χ1v) is 15.6. The van der Waals surface area contributed by atoms with Gasteiger partial charge in [-0.2, -0.15) is 5.10 Å². The zero-order chi connectivity index (χ0) is 30.6. The zero-order valence-electron chi connectivity index (χ0n) is 25.9. The number of amides is 1. The molecule has 0 bridgehead atoms. The SMILES string of the molecule is CC1CN(Cc2ccc(-c3ccc(CO[C@H]4CCC[C@@H]4NC(=O)c4cc(-c5cnn(C)c5)cnc4N)cc3)cc2)C(C)CN1. The fraction of sp³-hybridized carbons (Fsp3) is 0.400. The molecule has 1 aliphatic carbocycles. The zero-order valence-corrected chi connectivity index (χ0v) is 25.9. The Morgan fingerprint density at radius 3 is 2.43 bits per heavy atom. The van der Waals surface area contributed by atoms with E-state index in [1.54, 1.807) is 23.1 Å². The van der Waals surface area contributed by atoms with E-state index in [1.165, 1.54) is 16.7 Å². The van der Waals surface area contributed by atoms with Crippen molar-refractivity contribution in [2.45, 2.75) is 70.5 Å². The number of nitrogens with zero attached hydrogens (tertiary/aromatic N) is 4. The number of ether oxygens (including phenoxy) is 1. The number of nitrogens with two attached hydrogens (primary N) is 1. The number of pyridine rings is 1. The van der Waals surface area contributed by atoms with E-state index in [0.717, 1.165) is 55.6 Å². The maximum absolute atomic E-state index is 13.2. The van der Waals surface area contributed by atoms with Crippen LogP contribution in [-0.4, -0.2) is 62.9 Å². The van der Waals surface area contributed by atoms with Gasteiger partial charge in [-0.05, 0) is 61.4 Å². The number of hydrogen-bond donors (Lipinski definition) is 3. The number of carbonyl (C=O) groups is 1. The Hall–Kier alpha value is -4.05. The van der Waals surface area contributed by atoms with Gasteiger partial charge in [0.15, 0.2) is 0 Å². The second-order valence-corrected chi connectivity index (χ2v) is 12.4. The molecule has 44 heavy (non-hydrogen) atoms. The van der Waals surface area contributed by atoms with E-state index in [9.17, 15) is 4.79 Å². The number of nitrogen functional groups attached to an aromatic ring is 1. The van der Waals surface area contributed by atoms with E-state index < -0.39 is 0 Å². The maximum atomic E-state index is 13.2. The van der Waals surface area contributed by atoms with Gasteiger partial charge in [-0.25, -0.2) is 4.98 Å². The smallest absolute Gasteiger partial charge is 0.255 e. The molecule has 2 aromatic carbocycles. The highest BCUT2D eigenvalue weighted by molar-refractivity contribution is 5.99. The maximum Gasteiger partial charge on any atom is 0.255 e. The first-order chi connectivity index (χ1) is 21.3. The summed E-state index contributed by atoms with van der Waals surface area (Å²) in [5, 5.41) is 10.9. The van der Waals surface area contributed by atoms with Gasteiger partial charge in [0.2, 0.25) is 0 Å². The molecule has 2 unspecified atom stereocenters. The predicted octanol–water partition coefficient (Wildman–Crippen LogP) is 4.78. The molecule has 6 rings (SSSR count). The van der Waals surface area contributed by atoms with E-state index >= 15 is 0 Å². The molecule has 2 fully saturated rings. The average Bonchev–Trinajstić information content (AvgIpc) is 3.67. The summed E-state index contributed by atoms with van der Waals surface area (Å²) in [6, 6.07) is 20.3. The summed E-state index contributed by atoms with van der Waals surface area (Å²) in [7, 11) is 1.85. The van der Waals surface area contributed by atoms with Crippen LogP contribution in [0.4, 0.5) is 5.82 Å². The molecule has 0 spiro atoms. The number of anilines is 1. The van der Waals surface area contributed by atoms with Crippen LogP contribution in [0.15, 0.2) is 73.2 Å². The van der Waals surface area contributed by atoms with Gasteiger partial charge in [0.25, 0.3) is 5.91 Å². The van der Waals surface area contributed by atoms with Crippen LogP contribution < -0.4 is 16.4 Å². The molecule has 9 heteroatoms. The van der Waals surface area contributed by atoms with Crippen molar-refractivity contribution < 1.29 is 9.53 Å². The van der Waals surface area contributed by atoms with Crippen LogP contribution in [0, 0.1) is 0 Å². The topological polar surface area (TPSA) is 110 Å². The standard InChI is InChI=1S/C35H43N7O2/c1-23-19-42(24(2)16-37-23)20-25-7-11-27(12-8-25)28-13-9-26(10-14-28)22-44-33-6-4-5-32(33)40-35(43)31-15-29(17-38-34(31)36)30-18-39-41(3)21-30/h7-15,17-18,21,23-24,32-33,37H,4-6,16,19-20,22H2,1-3H3,(H2,36,38)(H,40,43)/t23?,24?,32-,33-/m0/s1. The number of benzene rings is 2. The molecule has 230 valence electrons. The van der Waals surface area contributed by atoms with Crippen LogP contribution in [0.1, 0.15) is 54.6 Å².